The van der Waals surface area contributed by atoms with Gasteiger partial charge in [-0.25, -0.2) is 4.68 Å². The predicted molar refractivity (Wildman–Crippen MR) is 125 cm³/mol. The Kier molecular flexibility index (Phi) is 5.49. The van der Waals surface area contributed by atoms with Gasteiger partial charge < -0.3 is 9.47 Å². The SMILES string of the molecule is CC1CCN(C(=O)CCC(=O)N2CCCn3nc(-c4cn(C)c5ccccc45)cc32)CC1. The summed E-state index contributed by atoms with van der Waals surface area (Å²) in [6.07, 6.45) is 5.62. The van der Waals surface area contributed by atoms with E-state index in [4.69, 9.17) is 5.10 Å². The van der Waals surface area contributed by atoms with Crippen LogP contribution in [-0.2, 0) is 23.2 Å². The van der Waals surface area contributed by atoms with Gasteiger partial charge in [0.1, 0.15) is 5.82 Å². The maximum atomic E-state index is 13.1. The van der Waals surface area contributed by atoms with Gasteiger partial charge in [-0.1, -0.05) is 25.1 Å². The Bertz CT molecular complexity index is 1150. The van der Waals surface area contributed by atoms with E-state index in [1.165, 1.54) is 0 Å². The average Bonchev–Trinajstić information content (AvgIpc) is 3.39. The summed E-state index contributed by atoms with van der Waals surface area (Å²) < 4.78 is 4.05. The topological polar surface area (TPSA) is 63.4 Å². The molecule has 2 aliphatic rings. The molecule has 0 N–H and O–H groups in total. The molecule has 2 aromatic heterocycles. The number of para-hydroxylation sites is 1. The average molecular weight is 434 g/mol. The molecule has 0 spiro atoms. The third-order valence-corrected chi connectivity index (χ3v) is 6.95. The van der Waals surface area contributed by atoms with Crippen LogP contribution in [0.5, 0.6) is 0 Å². The van der Waals surface area contributed by atoms with Gasteiger partial charge in [-0.15, -0.1) is 0 Å². The second kappa shape index (κ2) is 8.45. The van der Waals surface area contributed by atoms with Crippen LogP contribution in [0.4, 0.5) is 5.82 Å². The summed E-state index contributed by atoms with van der Waals surface area (Å²) in [6, 6.07) is 10.3. The van der Waals surface area contributed by atoms with Gasteiger partial charge in [-0.3, -0.25) is 14.5 Å². The highest BCUT2D eigenvalue weighted by molar-refractivity contribution is 5.98. The molecule has 1 saturated heterocycles. The number of rotatable bonds is 4. The second-order valence-electron chi connectivity index (χ2n) is 9.24. The number of benzene rings is 1. The molecule has 2 aliphatic heterocycles. The van der Waals surface area contributed by atoms with E-state index in [1.54, 1.807) is 0 Å². The number of piperidine rings is 1. The van der Waals surface area contributed by atoms with Crippen LogP contribution in [0.3, 0.4) is 0 Å². The number of carbonyl (C=O) groups excluding carboxylic acids is 2. The minimum atomic E-state index is 0.00838. The number of amides is 2. The Balaban J connectivity index is 1.32. The van der Waals surface area contributed by atoms with Crippen LogP contribution in [0.25, 0.3) is 22.2 Å². The highest BCUT2D eigenvalue weighted by atomic mass is 16.2. The van der Waals surface area contributed by atoms with Crippen molar-refractivity contribution < 1.29 is 9.59 Å². The van der Waals surface area contributed by atoms with E-state index >= 15 is 0 Å². The van der Waals surface area contributed by atoms with Gasteiger partial charge in [0, 0.05) is 74.8 Å². The number of aromatic nitrogens is 3. The molecule has 0 radical (unpaired) electrons. The molecule has 0 unspecified atom stereocenters. The van der Waals surface area contributed by atoms with Crippen molar-refractivity contribution in [2.45, 2.75) is 45.6 Å². The summed E-state index contributed by atoms with van der Waals surface area (Å²) in [6.45, 7) is 5.35. The van der Waals surface area contributed by atoms with Gasteiger partial charge in [-0.05, 0) is 31.2 Å². The lowest BCUT2D eigenvalue weighted by Gasteiger charge is -2.31. The van der Waals surface area contributed by atoms with E-state index in [0.29, 0.717) is 12.5 Å². The number of anilines is 1. The Hall–Kier alpha value is -3.09. The second-order valence-corrected chi connectivity index (χ2v) is 9.24. The van der Waals surface area contributed by atoms with Crippen LogP contribution in [0, 0.1) is 5.92 Å². The standard InChI is InChI=1S/C25H31N5O2/c1-18-10-14-28(15-11-18)24(31)8-9-25(32)29-12-5-13-30-23(29)16-21(26-30)20-17-27(2)22-7-4-3-6-19(20)22/h3-4,6-7,16-18H,5,8-15H2,1-2H3. The van der Waals surface area contributed by atoms with E-state index in [1.807, 2.05) is 39.7 Å². The van der Waals surface area contributed by atoms with Crippen molar-refractivity contribution in [1.82, 2.24) is 19.2 Å². The zero-order valence-electron chi connectivity index (χ0n) is 19.0. The quantitative estimate of drug-likeness (QED) is 0.628. The van der Waals surface area contributed by atoms with Crippen molar-refractivity contribution >= 4 is 28.5 Å². The minimum absolute atomic E-state index is 0.00838. The smallest absolute Gasteiger partial charge is 0.228 e. The van der Waals surface area contributed by atoms with Gasteiger partial charge in [0.2, 0.25) is 11.8 Å². The summed E-state index contributed by atoms with van der Waals surface area (Å²) in [5.41, 5.74) is 3.12. The first-order valence-electron chi connectivity index (χ1n) is 11.7. The first kappa shape index (κ1) is 20.8. The monoisotopic (exact) mass is 433 g/mol. The summed E-state index contributed by atoms with van der Waals surface area (Å²) in [5.74, 6) is 1.63. The van der Waals surface area contributed by atoms with Crippen LogP contribution in [0.1, 0.15) is 39.0 Å². The Labute approximate surface area is 188 Å². The van der Waals surface area contributed by atoms with Gasteiger partial charge in [-0.2, -0.15) is 5.10 Å². The molecular formula is C25H31N5O2. The summed E-state index contributed by atoms with van der Waals surface area (Å²) in [7, 11) is 2.04. The molecule has 0 atom stereocenters. The van der Waals surface area contributed by atoms with Crippen molar-refractivity contribution in [2.75, 3.05) is 24.5 Å². The number of nitrogens with zero attached hydrogens (tertiary/aromatic N) is 5. The van der Waals surface area contributed by atoms with Gasteiger partial charge in [0.25, 0.3) is 0 Å². The lowest BCUT2D eigenvalue weighted by molar-refractivity contribution is -0.134. The van der Waals surface area contributed by atoms with E-state index < -0.39 is 0 Å². The number of carbonyl (C=O) groups is 2. The summed E-state index contributed by atoms with van der Waals surface area (Å²) in [4.78, 5) is 29.4. The highest BCUT2D eigenvalue weighted by Crippen LogP contribution is 2.33. The number of fused-ring (bicyclic) bond motifs is 2. The molecule has 7 nitrogen and oxygen atoms in total. The molecule has 0 aliphatic carbocycles. The molecule has 1 aromatic carbocycles. The van der Waals surface area contributed by atoms with Gasteiger partial charge in [0.15, 0.2) is 0 Å². The minimum Gasteiger partial charge on any atom is -0.350 e. The summed E-state index contributed by atoms with van der Waals surface area (Å²) >= 11 is 0. The van der Waals surface area contributed by atoms with Crippen molar-refractivity contribution in [2.24, 2.45) is 13.0 Å². The fourth-order valence-corrected chi connectivity index (χ4v) is 4.98. The third-order valence-electron chi connectivity index (χ3n) is 6.95. The molecule has 0 bridgehead atoms. The van der Waals surface area contributed by atoms with Gasteiger partial charge >= 0.3 is 0 Å². The third kappa shape index (κ3) is 3.80. The Morgan fingerprint density at radius 1 is 1.03 bits per heavy atom. The van der Waals surface area contributed by atoms with Crippen LogP contribution in [-0.4, -0.2) is 50.7 Å². The Morgan fingerprint density at radius 3 is 2.59 bits per heavy atom. The molecule has 32 heavy (non-hydrogen) atoms. The maximum absolute atomic E-state index is 13.1. The fourth-order valence-electron chi connectivity index (χ4n) is 4.98. The first-order valence-corrected chi connectivity index (χ1v) is 11.7. The van der Waals surface area contributed by atoms with Gasteiger partial charge in [0.05, 0.1) is 5.69 Å². The maximum Gasteiger partial charge on any atom is 0.228 e. The number of hydrogen-bond donors (Lipinski definition) is 0. The fraction of sp³-hybridized carbons (Fsp3) is 0.480. The molecule has 2 amide bonds. The van der Waals surface area contributed by atoms with Crippen molar-refractivity contribution in [3.8, 4) is 11.3 Å². The van der Waals surface area contributed by atoms with E-state index in [9.17, 15) is 9.59 Å². The van der Waals surface area contributed by atoms with Crippen LogP contribution < -0.4 is 4.90 Å². The molecule has 1 fully saturated rings. The van der Waals surface area contributed by atoms with E-state index in [2.05, 4.69) is 29.8 Å². The first-order chi connectivity index (χ1) is 15.5. The lowest BCUT2D eigenvalue weighted by Crippen LogP contribution is -2.40. The molecule has 0 saturated carbocycles. The summed E-state index contributed by atoms with van der Waals surface area (Å²) in [5, 5.41) is 5.98. The molecule has 7 heteroatoms. The van der Waals surface area contributed by atoms with Crippen LogP contribution in [0.15, 0.2) is 36.5 Å². The molecule has 3 aromatic rings. The van der Waals surface area contributed by atoms with E-state index in [-0.39, 0.29) is 24.7 Å². The molecular weight excluding hydrogens is 402 g/mol. The highest BCUT2D eigenvalue weighted by Gasteiger charge is 2.27. The van der Waals surface area contributed by atoms with Crippen molar-refractivity contribution in [3.63, 3.8) is 0 Å². The van der Waals surface area contributed by atoms with E-state index in [0.717, 1.165) is 66.9 Å². The van der Waals surface area contributed by atoms with Crippen molar-refractivity contribution in [1.29, 1.82) is 0 Å². The van der Waals surface area contributed by atoms with Crippen LogP contribution in [0.2, 0.25) is 0 Å². The molecule has 4 heterocycles. The number of hydrogen-bond acceptors (Lipinski definition) is 3. The molecule has 5 rings (SSSR count). The number of aryl methyl sites for hydroxylation is 2. The zero-order chi connectivity index (χ0) is 22.2. The van der Waals surface area contributed by atoms with Crippen molar-refractivity contribution in [3.05, 3.63) is 36.5 Å². The predicted octanol–water partition coefficient (Wildman–Crippen LogP) is 3.82. The zero-order valence-corrected chi connectivity index (χ0v) is 19.0. The largest absolute Gasteiger partial charge is 0.350 e. The normalized spacial score (nSPS) is 17.1. The lowest BCUT2D eigenvalue weighted by atomic mass is 9.99. The van der Waals surface area contributed by atoms with Crippen LogP contribution >= 0.6 is 0 Å². The number of likely N-dealkylation sites (tertiary alicyclic amines) is 1. The molecule has 168 valence electrons. The Morgan fingerprint density at radius 2 is 1.78 bits per heavy atom.